The number of phenolic OH excluding ortho intramolecular Hbond substituents is 1. The molecule has 0 aliphatic carbocycles. The largest absolute Gasteiger partial charge is 0.504 e. The number of carbonyl (C=O) groups excluding carboxylic acids is 1. The fourth-order valence-electron chi connectivity index (χ4n) is 1.60. The molecule has 1 aromatic carbocycles. The van der Waals surface area contributed by atoms with Gasteiger partial charge in [-0.2, -0.15) is 0 Å². The molecule has 0 radical (unpaired) electrons. The number of rotatable bonds is 2. The van der Waals surface area contributed by atoms with Crippen molar-refractivity contribution >= 4 is 11.9 Å². The molecule has 0 amide bonds. The molecule has 84 valence electrons. The highest BCUT2D eigenvalue weighted by Crippen LogP contribution is 2.41. The van der Waals surface area contributed by atoms with Crippen LogP contribution in [0.4, 0.5) is 0 Å². The van der Waals surface area contributed by atoms with E-state index in [0.29, 0.717) is 0 Å². The average Bonchev–Trinajstić information content (AvgIpc) is 2.57. The van der Waals surface area contributed by atoms with Crippen LogP contribution in [0, 0.1) is 0 Å². The number of fused-ring (bicyclic) bond motifs is 1. The summed E-state index contributed by atoms with van der Waals surface area (Å²) < 4.78 is 9.43. The summed E-state index contributed by atoms with van der Waals surface area (Å²) >= 11 is 0. The summed E-state index contributed by atoms with van der Waals surface area (Å²) in [7, 11) is 1.33. The van der Waals surface area contributed by atoms with Gasteiger partial charge >= 0.3 is 11.9 Å². The molecule has 1 unspecified atom stereocenters. The van der Waals surface area contributed by atoms with Gasteiger partial charge in [0.1, 0.15) is 5.56 Å². The third-order valence-electron chi connectivity index (χ3n) is 2.33. The number of aromatic hydroxyl groups is 1. The van der Waals surface area contributed by atoms with Crippen LogP contribution in [0.2, 0.25) is 0 Å². The first kappa shape index (κ1) is 10.3. The SMILES string of the molecule is COc1ccc2c(c1O)C(=O)OC2C(=O)O. The van der Waals surface area contributed by atoms with Crippen LogP contribution in [-0.4, -0.2) is 29.3 Å². The number of carbonyl (C=O) groups is 2. The molecular weight excluding hydrogens is 216 g/mol. The highest BCUT2D eigenvalue weighted by atomic mass is 16.6. The topological polar surface area (TPSA) is 93.1 Å². The molecule has 6 nitrogen and oxygen atoms in total. The predicted molar refractivity (Wildman–Crippen MR) is 50.5 cm³/mol. The molecule has 0 fully saturated rings. The number of ether oxygens (including phenoxy) is 2. The van der Waals surface area contributed by atoms with E-state index in [9.17, 15) is 14.7 Å². The number of benzene rings is 1. The molecule has 1 aliphatic heterocycles. The van der Waals surface area contributed by atoms with Gasteiger partial charge in [-0.05, 0) is 12.1 Å². The Hall–Kier alpha value is -2.24. The molecule has 2 rings (SSSR count). The molecular formula is C10H8O6. The van der Waals surface area contributed by atoms with Crippen molar-refractivity contribution in [1.29, 1.82) is 0 Å². The van der Waals surface area contributed by atoms with Crippen molar-refractivity contribution in [2.24, 2.45) is 0 Å². The van der Waals surface area contributed by atoms with E-state index in [0.717, 1.165) is 0 Å². The number of aliphatic carboxylic acids is 1. The number of methoxy groups -OCH3 is 1. The molecule has 6 heteroatoms. The smallest absolute Gasteiger partial charge is 0.349 e. The summed E-state index contributed by atoms with van der Waals surface area (Å²) in [6.07, 6.45) is -1.36. The zero-order chi connectivity index (χ0) is 11.9. The van der Waals surface area contributed by atoms with Crippen LogP contribution in [0.1, 0.15) is 22.0 Å². The highest BCUT2D eigenvalue weighted by molar-refractivity contribution is 6.01. The average molecular weight is 224 g/mol. The van der Waals surface area contributed by atoms with Gasteiger partial charge in [0.05, 0.1) is 7.11 Å². The van der Waals surface area contributed by atoms with Crippen molar-refractivity contribution in [3.63, 3.8) is 0 Å². The molecule has 2 N–H and O–H groups in total. The van der Waals surface area contributed by atoms with Crippen molar-refractivity contribution in [1.82, 2.24) is 0 Å². The predicted octanol–water partition coefficient (Wildman–Crippen LogP) is 0.697. The lowest BCUT2D eigenvalue weighted by Crippen LogP contribution is -2.10. The van der Waals surface area contributed by atoms with Gasteiger partial charge in [0.25, 0.3) is 0 Å². The third kappa shape index (κ3) is 1.27. The van der Waals surface area contributed by atoms with Gasteiger partial charge in [0, 0.05) is 5.56 Å². The van der Waals surface area contributed by atoms with Crippen LogP contribution in [0.15, 0.2) is 12.1 Å². The number of hydrogen-bond donors (Lipinski definition) is 2. The maximum Gasteiger partial charge on any atom is 0.349 e. The minimum absolute atomic E-state index is 0.0988. The Morgan fingerprint density at radius 1 is 1.50 bits per heavy atom. The minimum Gasteiger partial charge on any atom is -0.504 e. The minimum atomic E-state index is -1.36. The Morgan fingerprint density at radius 2 is 2.19 bits per heavy atom. The third-order valence-corrected chi connectivity index (χ3v) is 2.33. The number of phenols is 1. The van der Waals surface area contributed by atoms with E-state index in [2.05, 4.69) is 4.74 Å². The van der Waals surface area contributed by atoms with Gasteiger partial charge in [0.2, 0.25) is 6.10 Å². The van der Waals surface area contributed by atoms with E-state index in [-0.39, 0.29) is 16.9 Å². The normalized spacial score (nSPS) is 17.8. The quantitative estimate of drug-likeness (QED) is 0.718. The molecule has 0 aromatic heterocycles. The van der Waals surface area contributed by atoms with E-state index in [4.69, 9.17) is 9.84 Å². The van der Waals surface area contributed by atoms with Crippen LogP contribution < -0.4 is 4.74 Å². The monoisotopic (exact) mass is 224 g/mol. The second kappa shape index (κ2) is 3.41. The van der Waals surface area contributed by atoms with Gasteiger partial charge in [-0.3, -0.25) is 0 Å². The van der Waals surface area contributed by atoms with Crippen molar-refractivity contribution in [2.45, 2.75) is 6.10 Å². The molecule has 1 atom stereocenters. The first-order valence-electron chi connectivity index (χ1n) is 4.40. The summed E-state index contributed by atoms with van der Waals surface area (Å²) in [5.74, 6) is -2.44. The number of cyclic esters (lactones) is 1. The zero-order valence-corrected chi connectivity index (χ0v) is 8.26. The second-order valence-corrected chi connectivity index (χ2v) is 3.20. The number of carboxylic acids is 1. The van der Waals surface area contributed by atoms with E-state index in [1.54, 1.807) is 0 Å². The van der Waals surface area contributed by atoms with E-state index < -0.39 is 23.8 Å². The summed E-state index contributed by atoms with van der Waals surface area (Å²) in [6.45, 7) is 0. The lowest BCUT2D eigenvalue weighted by molar-refractivity contribution is -0.146. The van der Waals surface area contributed by atoms with Gasteiger partial charge in [-0.15, -0.1) is 0 Å². The molecule has 0 bridgehead atoms. The maximum absolute atomic E-state index is 11.4. The number of carboxylic acid groups (broad SMARTS) is 1. The van der Waals surface area contributed by atoms with Crippen LogP contribution in [0.3, 0.4) is 0 Å². The Balaban J connectivity index is 2.61. The molecule has 16 heavy (non-hydrogen) atoms. The molecule has 1 aliphatic rings. The van der Waals surface area contributed by atoms with Crippen molar-refractivity contribution < 1.29 is 29.3 Å². The summed E-state index contributed by atoms with van der Waals surface area (Å²) in [6, 6.07) is 2.77. The molecule has 0 spiro atoms. The Labute approximate surface area is 90.0 Å². The maximum atomic E-state index is 11.4. The van der Waals surface area contributed by atoms with E-state index >= 15 is 0 Å². The van der Waals surface area contributed by atoms with E-state index in [1.807, 2.05) is 0 Å². The Kier molecular flexibility index (Phi) is 2.19. The first-order valence-corrected chi connectivity index (χ1v) is 4.40. The van der Waals surface area contributed by atoms with Crippen LogP contribution in [-0.2, 0) is 9.53 Å². The van der Waals surface area contributed by atoms with Crippen LogP contribution in [0.5, 0.6) is 11.5 Å². The lowest BCUT2D eigenvalue weighted by Gasteiger charge is -2.06. The zero-order valence-electron chi connectivity index (χ0n) is 8.26. The van der Waals surface area contributed by atoms with Crippen molar-refractivity contribution in [2.75, 3.05) is 7.11 Å². The van der Waals surface area contributed by atoms with Gasteiger partial charge < -0.3 is 19.7 Å². The van der Waals surface area contributed by atoms with Gasteiger partial charge in [-0.1, -0.05) is 0 Å². The standard InChI is InChI=1S/C10H8O6/c1-15-5-3-2-4-6(7(5)11)10(14)16-8(4)9(12)13/h2-3,8,11H,1H3,(H,12,13). The van der Waals surface area contributed by atoms with Gasteiger partial charge in [-0.25, -0.2) is 9.59 Å². The van der Waals surface area contributed by atoms with Crippen LogP contribution >= 0.6 is 0 Å². The Morgan fingerprint density at radius 3 is 2.75 bits per heavy atom. The van der Waals surface area contributed by atoms with Crippen molar-refractivity contribution in [3.8, 4) is 11.5 Å². The van der Waals surface area contributed by atoms with Gasteiger partial charge in [0.15, 0.2) is 11.5 Å². The summed E-state index contributed by atoms with van der Waals surface area (Å²) in [5.41, 5.74) is -0.0115. The summed E-state index contributed by atoms with van der Waals surface area (Å²) in [5, 5.41) is 18.5. The molecule has 1 heterocycles. The van der Waals surface area contributed by atoms with Crippen molar-refractivity contribution in [3.05, 3.63) is 23.3 Å². The molecule has 1 aromatic rings. The lowest BCUT2D eigenvalue weighted by atomic mass is 10.0. The van der Waals surface area contributed by atoms with E-state index in [1.165, 1.54) is 19.2 Å². The highest BCUT2D eigenvalue weighted by Gasteiger charge is 2.39. The fourth-order valence-corrected chi connectivity index (χ4v) is 1.60. The summed E-state index contributed by atoms with van der Waals surface area (Å²) in [4.78, 5) is 22.2. The second-order valence-electron chi connectivity index (χ2n) is 3.20. The Bertz CT molecular complexity index is 478. The number of hydrogen-bond acceptors (Lipinski definition) is 5. The molecule has 0 saturated carbocycles. The first-order chi connectivity index (χ1) is 7.56. The molecule has 0 saturated heterocycles. The fraction of sp³-hybridized carbons (Fsp3) is 0.200. The van der Waals surface area contributed by atoms with Crippen LogP contribution in [0.25, 0.3) is 0 Å². The number of esters is 1.